The van der Waals surface area contributed by atoms with Crippen LogP contribution in [0.3, 0.4) is 0 Å². The van der Waals surface area contributed by atoms with Crippen LogP contribution in [-0.4, -0.2) is 0 Å². The standard InChI is InChI=1S/C11H13N3/c12-6-8-4-7-2-1-3-10(13)9(7)5-11(8)14/h4-5,10H,1-3,13-14H2/t10-/m0/s1. The molecule has 3 nitrogen and oxygen atoms in total. The number of aryl methyl sites for hydroxylation is 1. The Morgan fingerprint density at radius 1 is 1.43 bits per heavy atom. The zero-order chi connectivity index (χ0) is 10.1. The minimum absolute atomic E-state index is 0.0915. The third-order valence-electron chi connectivity index (χ3n) is 2.79. The van der Waals surface area contributed by atoms with Crippen LogP contribution in [0.15, 0.2) is 12.1 Å². The third kappa shape index (κ3) is 1.34. The Balaban J connectivity index is 2.55. The van der Waals surface area contributed by atoms with E-state index in [4.69, 9.17) is 16.7 Å². The molecule has 14 heavy (non-hydrogen) atoms. The molecule has 0 heterocycles. The Morgan fingerprint density at radius 2 is 2.21 bits per heavy atom. The lowest BCUT2D eigenvalue weighted by atomic mass is 9.86. The predicted octanol–water partition coefficient (Wildman–Crippen LogP) is 1.48. The number of nitriles is 1. The van der Waals surface area contributed by atoms with Crippen LogP contribution in [0.2, 0.25) is 0 Å². The summed E-state index contributed by atoms with van der Waals surface area (Å²) in [5, 5.41) is 8.82. The van der Waals surface area contributed by atoms with E-state index in [0.29, 0.717) is 11.3 Å². The number of rotatable bonds is 0. The number of anilines is 1. The molecule has 0 aliphatic heterocycles. The van der Waals surface area contributed by atoms with Gasteiger partial charge in [-0.15, -0.1) is 0 Å². The van der Waals surface area contributed by atoms with Gasteiger partial charge in [-0.1, -0.05) is 0 Å². The van der Waals surface area contributed by atoms with Crippen molar-refractivity contribution in [1.82, 2.24) is 0 Å². The average Bonchev–Trinajstić information content (AvgIpc) is 2.19. The fraction of sp³-hybridized carbons (Fsp3) is 0.364. The monoisotopic (exact) mass is 187 g/mol. The van der Waals surface area contributed by atoms with Crippen molar-refractivity contribution in [2.24, 2.45) is 5.73 Å². The summed E-state index contributed by atoms with van der Waals surface area (Å²) in [6.07, 6.45) is 3.12. The van der Waals surface area contributed by atoms with Crippen molar-refractivity contribution < 1.29 is 0 Å². The Kier molecular flexibility index (Phi) is 2.14. The van der Waals surface area contributed by atoms with Crippen LogP contribution in [0.1, 0.15) is 35.6 Å². The van der Waals surface area contributed by atoms with Crippen LogP contribution in [0.4, 0.5) is 5.69 Å². The first-order valence-electron chi connectivity index (χ1n) is 4.80. The topological polar surface area (TPSA) is 75.8 Å². The first-order valence-corrected chi connectivity index (χ1v) is 4.80. The van der Waals surface area contributed by atoms with Gasteiger partial charge in [0.1, 0.15) is 6.07 Å². The van der Waals surface area contributed by atoms with Gasteiger partial charge in [0.2, 0.25) is 0 Å². The van der Waals surface area contributed by atoms with E-state index in [9.17, 15) is 0 Å². The molecule has 1 aliphatic rings. The molecule has 0 amide bonds. The van der Waals surface area contributed by atoms with Gasteiger partial charge in [0.15, 0.2) is 0 Å². The number of hydrogen-bond donors (Lipinski definition) is 2. The van der Waals surface area contributed by atoms with E-state index in [-0.39, 0.29) is 6.04 Å². The molecule has 1 aliphatic carbocycles. The van der Waals surface area contributed by atoms with Gasteiger partial charge in [-0.3, -0.25) is 0 Å². The molecule has 3 heteroatoms. The molecule has 72 valence electrons. The summed E-state index contributed by atoms with van der Waals surface area (Å²) in [5.74, 6) is 0. The molecule has 2 rings (SSSR count). The van der Waals surface area contributed by atoms with Gasteiger partial charge in [0.25, 0.3) is 0 Å². The summed E-state index contributed by atoms with van der Waals surface area (Å²) in [5.41, 5.74) is 15.1. The Morgan fingerprint density at radius 3 is 2.93 bits per heavy atom. The minimum atomic E-state index is 0.0915. The Labute approximate surface area is 83.3 Å². The fourth-order valence-corrected chi connectivity index (χ4v) is 2.01. The molecule has 0 fully saturated rings. The lowest BCUT2D eigenvalue weighted by Gasteiger charge is -2.22. The van der Waals surface area contributed by atoms with E-state index < -0.39 is 0 Å². The first kappa shape index (κ1) is 9.04. The molecule has 0 unspecified atom stereocenters. The maximum Gasteiger partial charge on any atom is 0.101 e. The largest absolute Gasteiger partial charge is 0.398 e. The van der Waals surface area contributed by atoms with Gasteiger partial charge in [0, 0.05) is 11.7 Å². The summed E-state index contributed by atoms with van der Waals surface area (Å²) in [7, 11) is 0. The molecule has 1 atom stereocenters. The summed E-state index contributed by atoms with van der Waals surface area (Å²) in [6, 6.07) is 5.92. The molecule has 0 saturated carbocycles. The van der Waals surface area contributed by atoms with Gasteiger partial charge in [-0.05, 0) is 42.5 Å². The number of nitrogen functional groups attached to an aromatic ring is 1. The van der Waals surface area contributed by atoms with Gasteiger partial charge >= 0.3 is 0 Å². The summed E-state index contributed by atoms with van der Waals surface area (Å²) in [4.78, 5) is 0. The second kappa shape index (κ2) is 3.32. The van der Waals surface area contributed by atoms with E-state index in [1.807, 2.05) is 12.1 Å². The number of nitrogens with zero attached hydrogens (tertiary/aromatic N) is 1. The molecule has 0 aromatic heterocycles. The molecule has 1 aromatic rings. The van der Waals surface area contributed by atoms with Crippen molar-refractivity contribution in [3.63, 3.8) is 0 Å². The Bertz CT molecular complexity index is 404. The summed E-state index contributed by atoms with van der Waals surface area (Å²) >= 11 is 0. The molecular weight excluding hydrogens is 174 g/mol. The van der Waals surface area contributed by atoms with E-state index in [0.717, 1.165) is 24.8 Å². The van der Waals surface area contributed by atoms with E-state index >= 15 is 0 Å². The van der Waals surface area contributed by atoms with Crippen molar-refractivity contribution in [2.75, 3.05) is 5.73 Å². The highest BCUT2D eigenvalue weighted by atomic mass is 14.6. The maximum atomic E-state index is 8.82. The van der Waals surface area contributed by atoms with E-state index in [1.165, 1.54) is 5.56 Å². The normalized spacial score (nSPS) is 19.9. The van der Waals surface area contributed by atoms with Crippen molar-refractivity contribution in [1.29, 1.82) is 5.26 Å². The van der Waals surface area contributed by atoms with Crippen LogP contribution in [-0.2, 0) is 6.42 Å². The third-order valence-corrected chi connectivity index (χ3v) is 2.79. The van der Waals surface area contributed by atoms with Crippen LogP contribution in [0.5, 0.6) is 0 Å². The molecule has 1 aromatic carbocycles. The lowest BCUT2D eigenvalue weighted by molar-refractivity contribution is 0.570. The molecular formula is C11H13N3. The van der Waals surface area contributed by atoms with Crippen molar-refractivity contribution >= 4 is 5.69 Å². The van der Waals surface area contributed by atoms with Crippen LogP contribution in [0, 0.1) is 11.3 Å². The van der Waals surface area contributed by atoms with Gasteiger partial charge < -0.3 is 11.5 Å². The quantitative estimate of drug-likeness (QED) is 0.604. The van der Waals surface area contributed by atoms with E-state index in [2.05, 4.69) is 6.07 Å². The smallest absolute Gasteiger partial charge is 0.101 e. The Hall–Kier alpha value is -1.53. The van der Waals surface area contributed by atoms with Crippen LogP contribution < -0.4 is 11.5 Å². The number of fused-ring (bicyclic) bond motifs is 1. The zero-order valence-corrected chi connectivity index (χ0v) is 7.96. The first-order chi connectivity index (χ1) is 6.72. The van der Waals surface area contributed by atoms with Gasteiger partial charge in [-0.2, -0.15) is 5.26 Å². The van der Waals surface area contributed by atoms with Crippen molar-refractivity contribution in [3.8, 4) is 6.07 Å². The van der Waals surface area contributed by atoms with Crippen LogP contribution >= 0.6 is 0 Å². The molecule has 0 radical (unpaired) electrons. The second-order valence-electron chi connectivity index (χ2n) is 3.75. The highest BCUT2D eigenvalue weighted by molar-refractivity contribution is 5.58. The van der Waals surface area contributed by atoms with Gasteiger partial charge in [-0.25, -0.2) is 0 Å². The number of nitrogens with two attached hydrogens (primary N) is 2. The number of hydrogen-bond acceptors (Lipinski definition) is 3. The zero-order valence-electron chi connectivity index (χ0n) is 7.96. The molecule has 0 spiro atoms. The maximum absolute atomic E-state index is 8.82. The predicted molar refractivity (Wildman–Crippen MR) is 55.4 cm³/mol. The highest BCUT2D eigenvalue weighted by Gasteiger charge is 2.18. The summed E-state index contributed by atoms with van der Waals surface area (Å²) in [6.45, 7) is 0. The molecule has 0 bridgehead atoms. The van der Waals surface area contributed by atoms with Gasteiger partial charge in [0.05, 0.1) is 5.56 Å². The van der Waals surface area contributed by atoms with Crippen molar-refractivity contribution in [3.05, 3.63) is 28.8 Å². The number of benzene rings is 1. The lowest BCUT2D eigenvalue weighted by Crippen LogP contribution is -2.18. The molecule has 4 N–H and O–H groups in total. The minimum Gasteiger partial charge on any atom is -0.398 e. The molecule has 0 saturated heterocycles. The fourth-order valence-electron chi connectivity index (χ4n) is 2.01. The van der Waals surface area contributed by atoms with Crippen LogP contribution in [0.25, 0.3) is 0 Å². The SMILES string of the molecule is N#Cc1cc2c(cc1N)[C@@H](N)CCC2. The van der Waals surface area contributed by atoms with Crippen molar-refractivity contribution in [2.45, 2.75) is 25.3 Å². The van der Waals surface area contributed by atoms with E-state index in [1.54, 1.807) is 0 Å². The second-order valence-corrected chi connectivity index (χ2v) is 3.75. The highest BCUT2D eigenvalue weighted by Crippen LogP contribution is 2.30. The average molecular weight is 187 g/mol. The summed E-state index contributed by atoms with van der Waals surface area (Å²) < 4.78 is 0.